The van der Waals surface area contributed by atoms with Crippen molar-refractivity contribution in [3.05, 3.63) is 58.7 Å². The molecular weight excluding hydrogens is 274 g/mol. The first-order valence-electron chi connectivity index (χ1n) is 7.63. The van der Waals surface area contributed by atoms with Crippen molar-refractivity contribution >= 4 is 11.6 Å². The van der Waals surface area contributed by atoms with Crippen molar-refractivity contribution in [3.63, 3.8) is 0 Å². The van der Waals surface area contributed by atoms with E-state index in [0.717, 1.165) is 29.0 Å². The molecule has 2 rings (SSSR count). The molecule has 1 N–H and O–H groups in total. The number of anilines is 1. The molecule has 2 aromatic carbocycles. The smallest absolute Gasteiger partial charge is 0.255 e. The standard InChI is InChI=1S/C19H23NO2/c1-5-9-22-17-8-6-7-16(12-17)19(21)20-18-14(3)10-13(2)11-15(18)4/h6-8,10-12H,5,9H2,1-4H3,(H,20,21). The molecule has 0 spiro atoms. The molecule has 0 aliphatic heterocycles. The molecule has 0 heterocycles. The van der Waals surface area contributed by atoms with E-state index in [9.17, 15) is 4.79 Å². The average molecular weight is 297 g/mol. The zero-order valence-electron chi connectivity index (χ0n) is 13.7. The molecule has 0 saturated heterocycles. The molecule has 0 fully saturated rings. The van der Waals surface area contributed by atoms with Gasteiger partial charge in [0.25, 0.3) is 5.91 Å². The number of rotatable bonds is 5. The molecule has 3 heteroatoms. The third-order valence-corrected chi connectivity index (χ3v) is 3.48. The summed E-state index contributed by atoms with van der Waals surface area (Å²) >= 11 is 0. The van der Waals surface area contributed by atoms with Crippen LogP contribution < -0.4 is 10.1 Å². The van der Waals surface area contributed by atoms with Crippen LogP contribution >= 0.6 is 0 Å². The van der Waals surface area contributed by atoms with Crippen LogP contribution in [0, 0.1) is 20.8 Å². The predicted molar refractivity (Wildman–Crippen MR) is 90.8 cm³/mol. The summed E-state index contributed by atoms with van der Waals surface area (Å²) in [6.07, 6.45) is 0.943. The van der Waals surface area contributed by atoms with E-state index in [4.69, 9.17) is 4.74 Å². The summed E-state index contributed by atoms with van der Waals surface area (Å²) < 4.78 is 5.58. The first-order chi connectivity index (χ1) is 10.5. The Hall–Kier alpha value is -2.29. The molecule has 0 aliphatic carbocycles. The van der Waals surface area contributed by atoms with Crippen LogP contribution in [0.4, 0.5) is 5.69 Å². The number of hydrogen-bond donors (Lipinski definition) is 1. The van der Waals surface area contributed by atoms with Gasteiger partial charge in [-0.25, -0.2) is 0 Å². The summed E-state index contributed by atoms with van der Waals surface area (Å²) in [6.45, 7) is 8.79. The second kappa shape index (κ2) is 7.12. The number of carbonyl (C=O) groups is 1. The van der Waals surface area contributed by atoms with Crippen LogP contribution in [-0.4, -0.2) is 12.5 Å². The van der Waals surface area contributed by atoms with Gasteiger partial charge < -0.3 is 10.1 Å². The lowest BCUT2D eigenvalue weighted by Gasteiger charge is -2.13. The lowest BCUT2D eigenvalue weighted by Crippen LogP contribution is -2.14. The summed E-state index contributed by atoms with van der Waals surface area (Å²) in [5, 5.41) is 3.01. The highest BCUT2D eigenvalue weighted by molar-refractivity contribution is 6.05. The maximum Gasteiger partial charge on any atom is 0.255 e. The molecule has 0 unspecified atom stereocenters. The fraction of sp³-hybridized carbons (Fsp3) is 0.316. The van der Waals surface area contributed by atoms with Crippen LogP contribution in [0.5, 0.6) is 5.75 Å². The molecule has 0 aromatic heterocycles. The van der Waals surface area contributed by atoms with Gasteiger partial charge in [-0.3, -0.25) is 4.79 Å². The quantitative estimate of drug-likeness (QED) is 0.872. The van der Waals surface area contributed by atoms with Crippen LogP contribution in [0.1, 0.15) is 40.4 Å². The Labute approximate surface area is 132 Å². The average Bonchev–Trinajstić information content (AvgIpc) is 2.49. The largest absolute Gasteiger partial charge is 0.494 e. The van der Waals surface area contributed by atoms with Gasteiger partial charge in [0.05, 0.1) is 6.61 Å². The summed E-state index contributed by atoms with van der Waals surface area (Å²) in [5.41, 5.74) is 4.83. The Morgan fingerprint density at radius 1 is 1.09 bits per heavy atom. The van der Waals surface area contributed by atoms with E-state index in [1.165, 1.54) is 5.56 Å². The van der Waals surface area contributed by atoms with Crippen LogP contribution in [0.25, 0.3) is 0 Å². The Morgan fingerprint density at radius 3 is 2.41 bits per heavy atom. The lowest BCUT2D eigenvalue weighted by atomic mass is 10.0. The highest BCUT2D eigenvalue weighted by Crippen LogP contribution is 2.23. The van der Waals surface area contributed by atoms with Gasteiger partial charge in [0.15, 0.2) is 0 Å². The number of carbonyl (C=O) groups excluding carboxylic acids is 1. The van der Waals surface area contributed by atoms with Gasteiger partial charge in [-0.05, 0) is 56.5 Å². The molecule has 2 aromatic rings. The van der Waals surface area contributed by atoms with E-state index in [0.29, 0.717) is 12.2 Å². The summed E-state index contributed by atoms with van der Waals surface area (Å²) in [7, 11) is 0. The molecular formula is C19H23NO2. The SMILES string of the molecule is CCCOc1cccc(C(=O)Nc2c(C)cc(C)cc2C)c1. The predicted octanol–water partition coefficient (Wildman–Crippen LogP) is 4.65. The van der Waals surface area contributed by atoms with Gasteiger partial charge in [-0.15, -0.1) is 0 Å². The number of nitrogens with one attached hydrogen (secondary N) is 1. The normalized spacial score (nSPS) is 10.4. The van der Waals surface area contributed by atoms with E-state index < -0.39 is 0 Å². The second-order valence-corrected chi connectivity index (χ2v) is 5.60. The van der Waals surface area contributed by atoms with Gasteiger partial charge in [0.1, 0.15) is 5.75 Å². The molecule has 0 bridgehead atoms. The number of benzene rings is 2. The highest BCUT2D eigenvalue weighted by atomic mass is 16.5. The minimum atomic E-state index is -0.114. The second-order valence-electron chi connectivity index (χ2n) is 5.60. The van der Waals surface area contributed by atoms with Crippen LogP contribution in [0.2, 0.25) is 0 Å². The molecule has 3 nitrogen and oxygen atoms in total. The third kappa shape index (κ3) is 3.88. The van der Waals surface area contributed by atoms with E-state index in [-0.39, 0.29) is 5.91 Å². The van der Waals surface area contributed by atoms with Crippen molar-refractivity contribution in [1.29, 1.82) is 0 Å². The molecule has 1 amide bonds. The number of hydrogen-bond acceptors (Lipinski definition) is 2. The van der Waals surface area contributed by atoms with Crippen molar-refractivity contribution in [3.8, 4) is 5.75 Å². The number of ether oxygens (including phenoxy) is 1. The number of amides is 1. The zero-order chi connectivity index (χ0) is 16.1. The Balaban J connectivity index is 2.19. The van der Waals surface area contributed by atoms with Crippen molar-refractivity contribution in [2.75, 3.05) is 11.9 Å². The van der Waals surface area contributed by atoms with Gasteiger partial charge >= 0.3 is 0 Å². The van der Waals surface area contributed by atoms with E-state index >= 15 is 0 Å². The molecule has 22 heavy (non-hydrogen) atoms. The Morgan fingerprint density at radius 2 is 1.77 bits per heavy atom. The lowest BCUT2D eigenvalue weighted by molar-refractivity contribution is 0.102. The minimum Gasteiger partial charge on any atom is -0.494 e. The van der Waals surface area contributed by atoms with Gasteiger partial charge in [-0.1, -0.05) is 30.7 Å². The fourth-order valence-corrected chi connectivity index (χ4v) is 2.51. The van der Waals surface area contributed by atoms with Crippen LogP contribution in [0.3, 0.4) is 0 Å². The van der Waals surface area contributed by atoms with Crippen molar-refractivity contribution in [1.82, 2.24) is 0 Å². The van der Waals surface area contributed by atoms with E-state index in [2.05, 4.69) is 31.3 Å². The summed E-state index contributed by atoms with van der Waals surface area (Å²) in [5.74, 6) is 0.615. The highest BCUT2D eigenvalue weighted by Gasteiger charge is 2.11. The molecule has 0 aliphatic rings. The monoisotopic (exact) mass is 297 g/mol. The topological polar surface area (TPSA) is 38.3 Å². The first-order valence-corrected chi connectivity index (χ1v) is 7.63. The van der Waals surface area contributed by atoms with E-state index in [1.807, 2.05) is 26.0 Å². The molecule has 0 radical (unpaired) electrons. The Kier molecular flexibility index (Phi) is 5.21. The first kappa shape index (κ1) is 16.1. The van der Waals surface area contributed by atoms with Crippen LogP contribution in [0.15, 0.2) is 36.4 Å². The van der Waals surface area contributed by atoms with E-state index in [1.54, 1.807) is 12.1 Å². The van der Waals surface area contributed by atoms with Crippen LogP contribution in [-0.2, 0) is 0 Å². The van der Waals surface area contributed by atoms with Gasteiger partial charge in [-0.2, -0.15) is 0 Å². The fourth-order valence-electron chi connectivity index (χ4n) is 2.51. The molecule has 116 valence electrons. The van der Waals surface area contributed by atoms with Crippen molar-refractivity contribution in [2.24, 2.45) is 0 Å². The number of aryl methyl sites for hydroxylation is 3. The maximum atomic E-state index is 12.5. The Bertz CT molecular complexity index is 654. The zero-order valence-corrected chi connectivity index (χ0v) is 13.7. The summed E-state index contributed by atoms with van der Waals surface area (Å²) in [4.78, 5) is 12.5. The summed E-state index contributed by atoms with van der Waals surface area (Å²) in [6, 6.07) is 11.4. The van der Waals surface area contributed by atoms with Gasteiger partial charge in [0.2, 0.25) is 0 Å². The minimum absolute atomic E-state index is 0.114. The van der Waals surface area contributed by atoms with Crippen molar-refractivity contribution < 1.29 is 9.53 Å². The third-order valence-electron chi connectivity index (χ3n) is 3.48. The van der Waals surface area contributed by atoms with Crippen molar-refractivity contribution in [2.45, 2.75) is 34.1 Å². The molecule has 0 atom stereocenters. The maximum absolute atomic E-state index is 12.5. The van der Waals surface area contributed by atoms with Gasteiger partial charge in [0, 0.05) is 11.3 Å². The molecule has 0 saturated carbocycles.